The van der Waals surface area contributed by atoms with Gasteiger partial charge in [-0.1, -0.05) is 12.1 Å². The molecule has 1 aliphatic rings. The third kappa shape index (κ3) is 2.82. The molecule has 25 heavy (non-hydrogen) atoms. The van der Waals surface area contributed by atoms with Crippen molar-refractivity contribution in [2.45, 2.75) is 13.8 Å². The number of aromatic nitrogens is 2. The average Bonchev–Trinajstić information content (AvgIpc) is 3.20. The summed E-state index contributed by atoms with van der Waals surface area (Å²) in [7, 11) is 0. The molecular weight excluding hydrogens is 318 g/mol. The van der Waals surface area contributed by atoms with Crippen LogP contribution in [0.25, 0.3) is 5.69 Å². The van der Waals surface area contributed by atoms with Gasteiger partial charge < -0.3 is 14.8 Å². The summed E-state index contributed by atoms with van der Waals surface area (Å²) < 4.78 is 12.4. The SMILES string of the molecule is Cc1cc(C)n(-c2ccccc2NC(=O)c2ccc3c(c2)OCO3)n1. The van der Waals surface area contributed by atoms with Gasteiger partial charge in [0.15, 0.2) is 11.5 Å². The maximum absolute atomic E-state index is 12.7. The van der Waals surface area contributed by atoms with Gasteiger partial charge in [-0.3, -0.25) is 4.79 Å². The van der Waals surface area contributed by atoms with E-state index in [1.54, 1.807) is 18.2 Å². The fourth-order valence-electron chi connectivity index (χ4n) is 2.87. The second-order valence-corrected chi connectivity index (χ2v) is 5.88. The number of fused-ring (bicyclic) bond motifs is 1. The van der Waals surface area contributed by atoms with E-state index in [4.69, 9.17) is 9.47 Å². The molecule has 0 spiro atoms. The summed E-state index contributed by atoms with van der Waals surface area (Å²) in [5.74, 6) is 1.02. The van der Waals surface area contributed by atoms with Gasteiger partial charge >= 0.3 is 0 Å². The topological polar surface area (TPSA) is 65.4 Å². The molecule has 0 atom stereocenters. The van der Waals surface area contributed by atoms with Crippen molar-refractivity contribution < 1.29 is 14.3 Å². The van der Waals surface area contributed by atoms with Crippen LogP contribution in [0.2, 0.25) is 0 Å². The molecule has 0 bridgehead atoms. The van der Waals surface area contributed by atoms with Crippen LogP contribution in [-0.4, -0.2) is 22.5 Å². The van der Waals surface area contributed by atoms with Gasteiger partial charge in [-0.15, -0.1) is 0 Å². The summed E-state index contributed by atoms with van der Waals surface area (Å²) in [6, 6.07) is 14.7. The number of anilines is 1. The molecule has 2 heterocycles. The highest BCUT2D eigenvalue weighted by Gasteiger charge is 2.17. The first kappa shape index (κ1) is 15.3. The Hall–Kier alpha value is -3.28. The third-order valence-electron chi connectivity index (χ3n) is 4.02. The number of benzene rings is 2. The second kappa shape index (κ2) is 5.98. The molecule has 1 N–H and O–H groups in total. The summed E-state index contributed by atoms with van der Waals surface area (Å²) in [6.07, 6.45) is 0. The van der Waals surface area contributed by atoms with E-state index in [1.807, 2.05) is 48.9 Å². The predicted molar refractivity (Wildman–Crippen MR) is 93.6 cm³/mol. The maximum Gasteiger partial charge on any atom is 0.255 e. The van der Waals surface area contributed by atoms with Crippen molar-refractivity contribution in [1.82, 2.24) is 9.78 Å². The molecular formula is C19H17N3O3. The van der Waals surface area contributed by atoms with Crippen molar-refractivity contribution in [2.75, 3.05) is 12.1 Å². The summed E-state index contributed by atoms with van der Waals surface area (Å²) in [4.78, 5) is 12.7. The summed E-state index contributed by atoms with van der Waals surface area (Å²) >= 11 is 0. The molecule has 0 aliphatic carbocycles. The van der Waals surface area contributed by atoms with Crippen molar-refractivity contribution in [3.05, 3.63) is 65.5 Å². The van der Waals surface area contributed by atoms with Gasteiger partial charge in [0.2, 0.25) is 6.79 Å². The lowest BCUT2D eigenvalue weighted by Gasteiger charge is -2.12. The zero-order valence-corrected chi connectivity index (χ0v) is 13.9. The number of carbonyl (C=O) groups is 1. The van der Waals surface area contributed by atoms with E-state index in [2.05, 4.69) is 10.4 Å². The van der Waals surface area contributed by atoms with E-state index in [0.29, 0.717) is 22.7 Å². The molecule has 1 aromatic heterocycles. The van der Waals surface area contributed by atoms with Gasteiger partial charge in [0.25, 0.3) is 5.91 Å². The van der Waals surface area contributed by atoms with E-state index in [0.717, 1.165) is 17.1 Å². The van der Waals surface area contributed by atoms with E-state index in [9.17, 15) is 4.79 Å². The van der Waals surface area contributed by atoms with Crippen LogP contribution in [0, 0.1) is 13.8 Å². The van der Waals surface area contributed by atoms with Crippen molar-refractivity contribution >= 4 is 11.6 Å². The number of para-hydroxylation sites is 2. The number of rotatable bonds is 3. The molecule has 0 fully saturated rings. The number of hydrogen-bond donors (Lipinski definition) is 1. The fraction of sp³-hybridized carbons (Fsp3) is 0.158. The Labute approximate surface area is 145 Å². The molecule has 0 saturated carbocycles. The molecule has 1 aliphatic heterocycles. The van der Waals surface area contributed by atoms with Crippen molar-refractivity contribution in [3.8, 4) is 17.2 Å². The molecule has 4 rings (SSSR count). The minimum absolute atomic E-state index is 0.182. The van der Waals surface area contributed by atoms with Crippen molar-refractivity contribution in [2.24, 2.45) is 0 Å². The van der Waals surface area contributed by atoms with Gasteiger partial charge in [-0.05, 0) is 50.2 Å². The Kier molecular flexibility index (Phi) is 3.65. The molecule has 2 aromatic carbocycles. The van der Waals surface area contributed by atoms with Gasteiger partial charge in [-0.2, -0.15) is 5.10 Å². The highest BCUT2D eigenvalue weighted by Crippen LogP contribution is 2.33. The monoisotopic (exact) mass is 335 g/mol. The summed E-state index contributed by atoms with van der Waals surface area (Å²) in [6.45, 7) is 4.11. The van der Waals surface area contributed by atoms with E-state index >= 15 is 0 Å². The van der Waals surface area contributed by atoms with E-state index in [1.165, 1.54) is 0 Å². The number of ether oxygens (including phenoxy) is 2. The van der Waals surface area contributed by atoms with Crippen molar-refractivity contribution in [1.29, 1.82) is 0 Å². The van der Waals surface area contributed by atoms with Crippen LogP contribution >= 0.6 is 0 Å². The lowest BCUT2D eigenvalue weighted by Crippen LogP contribution is -2.14. The molecule has 0 saturated heterocycles. The van der Waals surface area contributed by atoms with Crippen LogP contribution in [-0.2, 0) is 0 Å². The minimum Gasteiger partial charge on any atom is -0.454 e. The largest absolute Gasteiger partial charge is 0.454 e. The second-order valence-electron chi connectivity index (χ2n) is 5.88. The van der Waals surface area contributed by atoms with Crippen LogP contribution in [0.5, 0.6) is 11.5 Å². The lowest BCUT2D eigenvalue weighted by atomic mass is 10.1. The lowest BCUT2D eigenvalue weighted by molar-refractivity contribution is 0.102. The number of nitrogens with zero attached hydrogens (tertiary/aromatic N) is 2. The van der Waals surface area contributed by atoms with Crippen molar-refractivity contribution in [3.63, 3.8) is 0 Å². The first-order valence-corrected chi connectivity index (χ1v) is 7.95. The van der Waals surface area contributed by atoms with Gasteiger partial charge in [-0.25, -0.2) is 4.68 Å². The Morgan fingerprint density at radius 3 is 2.68 bits per heavy atom. The fourth-order valence-corrected chi connectivity index (χ4v) is 2.87. The normalized spacial score (nSPS) is 12.2. The van der Waals surface area contributed by atoms with E-state index < -0.39 is 0 Å². The minimum atomic E-state index is -0.215. The Morgan fingerprint density at radius 2 is 1.88 bits per heavy atom. The number of amides is 1. The zero-order chi connectivity index (χ0) is 17.4. The average molecular weight is 335 g/mol. The molecule has 0 radical (unpaired) electrons. The molecule has 0 unspecified atom stereocenters. The van der Waals surface area contributed by atoms with Crippen LogP contribution in [0.1, 0.15) is 21.7 Å². The number of nitrogens with one attached hydrogen (secondary N) is 1. The third-order valence-corrected chi connectivity index (χ3v) is 4.02. The summed E-state index contributed by atoms with van der Waals surface area (Å²) in [5, 5.41) is 7.45. The highest BCUT2D eigenvalue weighted by molar-refractivity contribution is 6.05. The number of hydrogen-bond acceptors (Lipinski definition) is 4. The first-order chi connectivity index (χ1) is 12.1. The molecule has 3 aromatic rings. The molecule has 6 heteroatoms. The van der Waals surface area contributed by atoms with E-state index in [-0.39, 0.29) is 12.7 Å². The highest BCUT2D eigenvalue weighted by atomic mass is 16.7. The molecule has 1 amide bonds. The first-order valence-electron chi connectivity index (χ1n) is 7.95. The standard InChI is InChI=1S/C19H17N3O3/c1-12-9-13(2)22(21-12)16-6-4-3-5-15(16)20-19(23)14-7-8-17-18(10-14)25-11-24-17/h3-10H,11H2,1-2H3,(H,20,23). The number of aryl methyl sites for hydroxylation is 2. The Balaban J connectivity index is 1.65. The Bertz CT molecular complexity index is 962. The van der Waals surface area contributed by atoms with Gasteiger partial charge in [0.05, 0.1) is 17.1 Å². The van der Waals surface area contributed by atoms with Crippen LogP contribution in [0.4, 0.5) is 5.69 Å². The van der Waals surface area contributed by atoms with Crippen LogP contribution in [0.15, 0.2) is 48.5 Å². The van der Waals surface area contributed by atoms with Gasteiger partial charge in [0.1, 0.15) is 0 Å². The zero-order valence-electron chi connectivity index (χ0n) is 13.9. The van der Waals surface area contributed by atoms with Crippen LogP contribution in [0.3, 0.4) is 0 Å². The van der Waals surface area contributed by atoms with Crippen LogP contribution < -0.4 is 14.8 Å². The quantitative estimate of drug-likeness (QED) is 0.796. The Morgan fingerprint density at radius 1 is 1.08 bits per heavy atom. The number of carbonyl (C=O) groups excluding carboxylic acids is 1. The smallest absolute Gasteiger partial charge is 0.255 e. The van der Waals surface area contributed by atoms with Gasteiger partial charge in [0, 0.05) is 11.3 Å². The predicted octanol–water partition coefficient (Wildman–Crippen LogP) is 3.47. The summed E-state index contributed by atoms with van der Waals surface area (Å²) in [5.41, 5.74) is 3.95. The maximum atomic E-state index is 12.7. The molecule has 6 nitrogen and oxygen atoms in total. The molecule has 126 valence electrons.